The van der Waals surface area contributed by atoms with Gasteiger partial charge in [-0.15, -0.1) is 11.3 Å². The van der Waals surface area contributed by atoms with Gasteiger partial charge in [-0.2, -0.15) is 5.10 Å². The summed E-state index contributed by atoms with van der Waals surface area (Å²) in [5.74, 6) is 0.0465. The molecule has 1 aromatic carbocycles. The van der Waals surface area contributed by atoms with E-state index < -0.39 is 20.7 Å². The van der Waals surface area contributed by atoms with Crippen LogP contribution in [-0.2, 0) is 16.6 Å². The van der Waals surface area contributed by atoms with Crippen molar-refractivity contribution in [2.75, 3.05) is 0 Å². The normalized spacial score (nSPS) is 11.7. The maximum absolute atomic E-state index is 13.5. The van der Waals surface area contributed by atoms with E-state index in [1.807, 2.05) is 17.5 Å². The van der Waals surface area contributed by atoms with E-state index >= 15 is 0 Å². The average molecular weight is 338 g/mol. The van der Waals surface area contributed by atoms with E-state index in [2.05, 4.69) is 19.9 Å². The van der Waals surface area contributed by atoms with Crippen molar-refractivity contribution in [3.8, 4) is 10.7 Å². The van der Waals surface area contributed by atoms with Crippen molar-refractivity contribution in [3.63, 3.8) is 0 Å². The van der Waals surface area contributed by atoms with Crippen LogP contribution in [0.25, 0.3) is 10.7 Å². The minimum Gasteiger partial charge on any atom is -0.262 e. The SMILES string of the molecule is O=S(=O)(NCc1nc(-c2cccs2)n[nH]1)c1ccccc1F. The molecule has 3 rings (SSSR count). The first-order valence-corrected chi connectivity index (χ1v) is 8.62. The molecule has 0 atom stereocenters. The van der Waals surface area contributed by atoms with Crippen molar-refractivity contribution in [2.24, 2.45) is 0 Å². The lowest BCUT2D eigenvalue weighted by atomic mass is 10.4. The standard InChI is InChI=1S/C13H11FN4O2S2/c14-9-4-1-2-6-11(9)22(19,20)15-8-12-16-13(18-17-12)10-5-3-7-21-10/h1-7,15H,8H2,(H,16,17,18). The minimum atomic E-state index is -3.94. The number of hydrogen-bond donors (Lipinski definition) is 2. The summed E-state index contributed by atoms with van der Waals surface area (Å²) in [5.41, 5.74) is 0. The molecular weight excluding hydrogens is 327 g/mol. The van der Waals surface area contributed by atoms with Gasteiger partial charge >= 0.3 is 0 Å². The van der Waals surface area contributed by atoms with Crippen LogP contribution in [0.1, 0.15) is 5.82 Å². The molecule has 0 aliphatic heterocycles. The molecule has 22 heavy (non-hydrogen) atoms. The number of aromatic amines is 1. The van der Waals surface area contributed by atoms with Crippen LogP contribution in [0.5, 0.6) is 0 Å². The van der Waals surface area contributed by atoms with Gasteiger partial charge in [0.25, 0.3) is 0 Å². The van der Waals surface area contributed by atoms with E-state index in [0.717, 1.165) is 10.9 Å². The minimum absolute atomic E-state index is 0.102. The second-order valence-electron chi connectivity index (χ2n) is 4.34. The molecule has 6 nitrogen and oxygen atoms in total. The second kappa shape index (κ2) is 5.95. The van der Waals surface area contributed by atoms with Crippen LogP contribution in [0.3, 0.4) is 0 Å². The third-order valence-electron chi connectivity index (χ3n) is 2.83. The number of benzene rings is 1. The fourth-order valence-corrected chi connectivity index (χ4v) is 3.52. The number of halogens is 1. The van der Waals surface area contributed by atoms with Crippen molar-refractivity contribution in [1.82, 2.24) is 19.9 Å². The van der Waals surface area contributed by atoms with Gasteiger partial charge in [0.15, 0.2) is 5.82 Å². The Hall–Kier alpha value is -2.10. The lowest BCUT2D eigenvalue weighted by Gasteiger charge is -2.05. The number of sulfonamides is 1. The Morgan fingerprint density at radius 3 is 2.77 bits per heavy atom. The molecule has 3 aromatic rings. The quantitative estimate of drug-likeness (QED) is 0.746. The highest BCUT2D eigenvalue weighted by Gasteiger charge is 2.18. The molecule has 0 aliphatic carbocycles. The van der Waals surface area contributed by atoms with Crippen molar-refractivity contribution >= 4 is 21.4 Å². The van der Waals surface area contributed by atoms with Gasteiger partial charge < -0.3 is 0 Å². The molecule has 2 aromatic heterocycles. The number of nitrogens with zero attached hydrogens (tertiary/aromatic N) is 2. The Labute approximate surface area is 130 Å². The topological polar surface area (TPSA) is 87.7 Å². The van der Waals surface area contributed by atoms with Crippen LogP contribution >= 0.6 is 11.3 Å². The zero-order valence-electron chi connectivity index (χ0n) is 11.2. The van der Waals surface area contributed by atoms with Gasteiger partial charge in [0.05, 0.1) is 11.4 Å². The van der Waals surface area contributed by atoms with Crippen molar-refractivity contribution in [2.45, 2.75) is 11.4 Å². The summed E-state index contributed by atoms with van der Waals surface area (Å²) < 4.78 is 39.9. The van der Waals surface area contributed by atoms with Gasteiger partial charge in [-0.3, -0.25) is 5.10 Å². The second-order valence-corrected chi connectivity index (χ2v) is 7.02. The summed E-state index contributed by atoms with van der Waals surface area (Å²) in [5, 5.41) is 8.57. The van der Waals surface area contributed by atoms with Crippen molar-refractivity contribution in [3.05, 3.63) is 53.4 Å². The molecule has 0 unspecified atom stereocenters. The summed E-state index contributed by atoms with van der Waals surface area (Å²) in [7, 11) is -3.94. The van der Waals surface area contributed by atoms with E-state index in [1.54, 1.807) is 0 Å². The molecule has 2 N–H and O–H groups in total. The van der Waals surface area contributed by atoms with Crippen LogP contribution < -0.4 is 4.72 Å². The van der Waals surface area contributed by atoms with Gasteiger partial charge in [-0.25, -0.2) is 22.5 Å². The molecule has 0 bridgehead atoms. The predicted molar refractivity (Wildman–Crippen MR) is 80.1 cm³/mol. The molecule has 2 heterocycles. The molecule has 0 amide bonds. The fourth-order valence-electron chi connectivity index (χ4n) is 1.79. The zero-order valence-corrected chi connectivity index (χ0v) is 12.8. The molecule has 0 saturated carbocycles. The fraction of sp³-hybridized carbons (Fsp3) is 0.0769. The molecule has 0 spiro atoms. The van der Waals surface area contributed by atoms with Gasteiger partial charge in [0, 0.05) is 0 Å². The Balaban J connectivity index is 1.74. The third-order valence-corrected chi connectivity index (χ3v) is 5.13. The van der Waals surface area contributed by atoms with E-state index in [9.17, 15) is 12.8 Å². The smallest absolute Gasteiger partial charge is 0.243 e. The summed E-state index contributed by atoms with van der Waals surface area (Å²) in [6.07, 6.45) is 0. The largest absolute Gasteiger partial charge is 0.262 e. The maximum atomic E-state index is 13.5. The Morgan fingerprint density at radius 2 is 2.05 bits per heavy atom. The highest BCUT2D eigenvalue weighted by atomic mass is 32.2. The Bertz CT molecular complexity index is 875. The molecular formula is C13H11FN4O2S2. The molecule has 0 radical (unpaired) electrons. The monoisotopic (exact) mass is 338 g/mol. The maximum Gasteiger partial charge on any atom is 0.243 e. The predicted octanol–water partition coefficient (Wildman–Crippen LogP) is 2.15. The van der Waals surface area contributed by atoms with Crippen molar-refractivity contribution in [1.29, 1.82) is 0 Å². The van der Waals surface area contributed by atoms with Crippen molar-refractivity contribution < 1.29 is 12.8 Å². The number of nitrogens with one attached hydrogen (secondary N) is 2. The van der Waals surface area contributed by atoms with Crippen LogP contribution in [0.15, 0.2) is 46.7 Å². The lowest BCUT2D eigenvalue weighted by molar-refractivity contribution is 0.555. The number of H-pyrrole nitrogens is 1. The zero-order chi connectivity index (χ0) is 15.6. The Morgan fingerprint density at radius 1 is 1.23 bits per heavy atom. The van der Waals surface area contributed by atoms with Crippen LogP contribution in [-0.4, -0.2) is 23.6 Å². The lowest BCUT2D eigenvalue weighted by Crippen LogP contribution is -2.24. The average Bonchev–Trinajstić information content (AvgIpc) is 3.17. The van der Waals surface area contributed by atoms with E-state index in [0.29, 0.717) is 11.6 Å². The summed E-state index contributed by atoms with van der Waals surface area (Å²) in [6, 6.07) is 8.92. The van der Waals surface area contributed by atoms with Crippen LogP contribution in [0.2, 0.25) is 0 Å². The number of thiophene rings is 1. The summed E-state index contributed by atoms with van der Waals surface area (Å²) in [4.78, 5) is 4.67. The van der Waals surface area contributed by atoms with Gasteiger partial charge in [0.1, 0.15) is 16.5 Å². The number of aromatic nitrogens is 3. The molecule has 0 fully saturated rings. The first-order valence-electron chi connectivity index (χ1n) is 6.25. The van der Waals surface area contributed by atoms with E-state index in [1.165, 1.54) is 29.5 Å². The highest BCUT2D eigenvalue weighted by molar-refractivity contribution is 7.89. The first-order chi connectivity index (χ1) is 10.6. The Kier molecular flexibility index (Phi) is 4.01. The molecule has 0 saturated heterocycles. The first kappa shape index (κ1) is 14.8. The molecule has 114 valence electrons. The number of hydrogen-bond acceptors (Lipinski definition) is 5. The van der Waals surface area contributed by atoms with Crippen LogP contribution in [0, 0.1) is 5.82 Å². The van der Waals surface area contributed by atoms with Gasteiger partial charge in [-0.05, 0) is 23.6 Å². The van der Waals surface area contributed by atoms with E-state index in [-0.39, 0.29) is 6.54 Å². The molecule has 0 aliphatic rings. The van der Waals surface area contributed by atoms with Crippen LogP contribution in [0.4, 0.5) is 4.39 Å². The van der Waals surface area contributed by atoms with Gasteiger partial charge in [0.2, 0.25) is 10.0 Å². The summed E-state index contributed by atoms with van der Waals surface area (Å²) >= 11 is 1.48. The van der Waals surface area contributed by atoms with E-state index in [4.69, 9.17) is 0 Å². The molecule has 9 heteroatoms. The number of rotatable bonds is 5. The highest BCUT2D eigenvalue weighted by Crippen LogP contribution is 2.20. The van der Waals surface area contributed by atoms with Gasteiger partial charge in [-0.1, -0.05) is 18.2 Å². The summed E-state index contributed by atoms with van der Waals surface area (Å²) in [6.45, 7) is -0.102. The third kappa shape index (κ3) is 3.06.